The zero-order valence-corrected chi connectivity index (χ0v) is 18.7. The van der Waals surface area contributed by atoms with Gasteiger partial charge in [0.15, 0.2) is 5.82 Å². The molecule has 0 aliphatic carbocycles. The summed E-state index contributed by atoms with van der Waals surface area (Å²) in [4.78, 5) is 17.1. The Morgan fingerprint density at radius 2 is 1.75 bits per heavy atom. The molecule has 4 aromatic rings. The number of H-pyrrole nitrogens is 1. The van der Waals surface area contributed by atoms with Crippen molar-refractivity contribution in [3.05, 3.63) is 90.0 Å². The molecule has 0 aliphatic heterocycles. The van der Waals surface area contributed by atoms with E-state index in [9.17, 15) is 4.79 Å². The van der Waals surface area contributed by atoms with Gasteiger partial charge in [-0.05, 0) is 43.7 Å². The normalized spacial score (nSPS) is 11.7. The molecule has 0 radical (unpaired) electrons. The van der Waals surface area contributed by atoms with Crippen molar-refractivity contribution in [3.8, 4) is 17.1 Å². The number of benzene rings is 3. The van der Waals surface area contributed by atoms with Gasteiger partial charge in [0.2, 0.25) is 11.1 Å². The Morgan fingerprint density at radius 3 is 2.47 bits per heavy atom. The van der Waals surface area contributed by atoms with Crippen LogP contribution in [-0.2, 0) is 11.4 Å². The smallest absolute Gasteiger partial charge is 0.237 e. The first-order valence-corrected chi connectivity index (χ1v) is 11.2. The number of aromatic amines is 1. The minimum Gasteiger partial charge on any atom is -0.489 e. The second-order valence-corrected chi connectivity index (χ2v) is 8.69. The number of ether oxygens (including phenoxy) is 1. The average molecular weight is 445 g/mol. The Bertz CT molecular complexity index is 1160. The lowest BCUT2D eigenvalue weighted by Gasteiger charge is -2.11. The Hall–Kier alpha value is -3.58. The maximum atomic E-state index is 12.6. The highest BCUT2D eigenvalue weighted by Gasteiger charge is 2.17. The fraction of sp³-hybridized carbons (Fsp3) is 0.160. The minimum absolute atomic E-state index is 0.116. The number of thioether (sulfide) groups is 1. The second-order valence-electron chi connectivity index (χ2n) is 7.38. The Labute approximate surface area is 191 Å². The summed E-state index contributed by atoms with van der Waals surface area (Å²) in [7, 11) is 0. The van der Waals surface area contributed by atoms with Gasteiger partial charge in [-0.2, -0.15) is 0 Å². The van der Waals surface area contributed by atoms with E-state index >= 15 is 0 Å². The maximum absolute atomic E-state index is 12.6. The number of carbonyl (C=O) groups is 1. The summed E-state index contributed by atoms with van der Waals surface area (Å²) < 4.78 is 5.79. The van der Waals surface area contributed by atoms with Crippen molar-refractivity contribution in [2.24, 2.45) is 0 Å². The standard InChI is InChI=1S/C25H24N4O2S/c1-17-8-10-20(11-9-17)23-27-25(29-28-23)32-18(2)24(30)26-21-12-14-22(15-13-21)31-16-19-6-4-3-5-7-19/h3-15,18H,16H2,1-2H3,(H,26,30)(H,27,28,29)/t18-/m0/s1. The second kappa shape index (κ2) is 10.2. The van der Waals surface area contributed by atoms with Crippen LogP contribution < -0.4 is 10.1 Å². The molecule has 1 atom stereocenters. The van der Waals surface area contributed by atoms with E-state index in [-0.39, 0.29) is 11.2 Å². The topological polar surface area (TPSA) is 79.9 Å². The molecule has 0 fully saturated rings. The van der Waals surface area contributed by atoms with Crippen LogP contribution in [0.25, 0.3) is 11.4 Å². The van der Waals surface area contributed by atoms with Crippen molar-refractivity contribution in [2.45, 2.75) is 30.9 Å². The number of rotatable bonds is 8. The summed E-state index contributed by atoms with van der Waals surface area (Å²) in [5.74, 6) is 1.32. The van der Waals surface area contributed by atoms with Gasteiger partial charge in [-0.15, -0.1) is 5.10 Å². The van der Waals surface area contributed by atoms with Gasteiger partial charge in [-0.3, -0.25) is 9.89 Å². The van der Waals surface area contributed by atoms with Gasteiger partial charge < -0.3 is 10.1 Å². The predicted molar refractivity (Wildman–Crippen MR) is 128 cm³/mol. The van der Waals surface area contributed by atoms with Crippen LogP contribution in [0.4, 0.5) is 5.69 Å². The van der Waals surface area contributed by atoms with Crippen molar-refractivity contribution < 1.29 is 9.53 Å². The van der Waals surface area contributed by atoms with Gasteiger partial charge in [-0.1, -0.05) is 71.9 Å². The molecule has 0 saturated carbocycles. The number of anilines is 1. The van der Waals surface area contributed by atoms with Gasteiger partial charge in [0.25, 0.3) is 0 Å². The molecule has 162 valence electrons. The van der Waals surface area contributed by atoms with Crippen LogP contribution in [0.2, 0.25) is 0 Å². The highest BCUT2D eigenvalue weighted by atomic mass is 32.2. The summed E-state index contributed by atoms with van der Waals surface area (Å²) in [6, 6.07) is 25.4. The molecule has 1 heterocycles. The Morgan fingerprint density at radius 1 is 1.03 bits per heavy atom. The van der Waals surface area contributed by atoms with Gasteiger partial charge in [0, 0.05) is 11.3 Å². The number of hydrogen-bond donors (Lipinski definition) is 2. The first-order valence-electron chi connectivity index (χ1n) is 10.3. The third-order valence-electron chi connectivity index (χ3n) is 4.81. The number of aromatic nitrogens is 3. The fourth-order valence-electron chi connectivity index (χ4n) is 2.97. The third kappa shape index (κ3) is 5.76. The first kappa shape index (κ1) is 21.6. The molecule has 32 heavy (non-hydrogen) atoms. The van der Waals surface area contributed by atoms with Crippen LogP contribution in [0.1, 0.15) is 18.1 Å². The Balaban J connectivity index is 1.29. The molecule has 2 N–H and O–H groups in total. The number of nitrogens with zero attached hydrogens (tertiary/aromatic N) is 2. The molecule has 0 spiro atoms. The number of hydrogen-bond acceptors (Lipinski definition) is 5. The quantitative estimate of drug-likeness (QED) is 0.352. The number of carbonyl (C=O) groups excluding carboxylic acids is 1. The van der Waals surface area contributed by atoms with E-state index in [4.69, 9.17) is 4.74 Å². The molecule has 0 unspecified atom stereocenters. The summed E-state index contributed by atoms with van der Waals surface area (Å²) >= 11 is 1.31. The molecule has 4 rings (SSSR count). The number of aryl methyl sites for hydroxylation is 1. The molecular formula is C25H24N4O2S. The van der Waals surface area contributed by atoms with E-state index in [0.717, 1.165) is 16.9 Å². The SMILES string of the molecule is Cc1ccc(-c2nc(S[C@@H](C)C(=O)Nc3ccc(OCc4ccccc4)cc3)n[nH]2)cc1. The summed E-state index contributed by atoms with van der Waals surface area (Å²) in [6.45, 7) is 4.37. The zero-order chi connectivity index (χ0) is 22.3. The lowest BCUT2D eigenvalue weighted by molar-refractivity contribution is -0.115. The van der Waals surface area contributed by atoms with Gasteiger partial charge in [0.05, 0.1) is 5.25 Å². The molecule has 0 saturated heterocycles. The maximum Gasteiger partial charge on any atom is 0.237 e. The molecule has 0 bridgehead atoms. The molecule has 3 aromatic carbocycles. The summed E-state index contributed by atoms with van der Waals surface area (Å²) in [6.07, 6.45) is 0. The summed E-state index contributed by atoms with van der Waals surface area (Å²) in [5.41, 5.74) is 3.96. The van der Waals surface area contributed by atoms with E-state index in [1.54, 1.807) is 0 Å². The third-order valence-corrected chi connectivity index (χ3v) is 5.77. The van der Waals surface area contributed by atoms with Crippen molar-refractivity contribution in [3.63, 3.8) is 0 Å². The van der Waals surface area contributed by atoms with E-state index in [1.807, 2.05) is 92.7 Å². The van der Waals surface area contributed by atoms with Crippen LogP contribution in [0.15, 0.2) is 84.0 Å². The van der Waals surface area contributed by atoms with Gasteiger partial charge in [0.1, 0.15) is 12.4 Å². The highest BCUT2D eigenvalue weighted by molar-refractivity contribution is 8.00. The van der Waals surface area contributed by atoms with Crippen LogP contribution in [-0.4, -0.2) is 26.3 Å². The molecule has 1 amide bonds. The lowest BCUT2D eigenvalue weighted by atomic mass is 10.1. The first-order chi connectivity index (χ1) is 15.6. The number of nitrogens with one attached hydrogen (secondary N) is 2. The monoisotopic (exact) mass is 444 g/mol. The highest BCUT2D eigenvalue weighted by Crippen LogP contribution is 2.24. The van der Waals surface area contributed by atoms with Crippen molar-refractivity contribution in [2.75, 3.05) is 5.32 Å². The lowest BCUT2D eigenvalue weighted by Crippen LogP contribution is -2.22. The molecule has 1 aromatic heterocycles. The van der Waals surface area contributed by atoms with Crippen LogP contribution >= 0.6 is 11.8 Å². The Kier molecular flexibility index (Phi) is 6.87. The van der Waals surface area contributed by atoms with Crippen LogP contribution in [0, 0.1) is 6.92 Å². The molecular weight excluding hydrogens is 420 g/mol. The van der Waals surface area contributed by atoms with E-state index in [1.165, 1.54) is 17.3 Å². The number of amides is 1. The van der Waals surface area contributed by atoms with Crippen LogP contribution in [0.5, 0.6) is 5.75 Å². The van der Waals surface area contributed by atoms with Gasteiger partial charge >= 0.3 is 0 Å². The average Bonchev–Trinajstić information content (AvgIpc) is 3.28. The fourth-order valence-corrected chi connectivity index (χ4v) is 3.70. The summed E-state index contributed by atoms with van der Waals surface area (Å²) in [5, 5.41) is 10.3. The minimum atomic E-state index is -0.356. The molecule has 7 heteroatoms. The predicted octanol–water partition coefficient (Wildman–Crippen LogP) is 5.48. The molecule has 6 nitrogen and oxygen atoms in total. The van der Waals surface area contributed by atoms with E-state index < -0.39 is 0 Å². The largest absolute Gasteiger partial charge is 0.489 e. The van der Waals surface area contributed by atoms with Gasteiger partial charge in [-0.25, -0.2) is 4.98 Å². The van der Waals surface area contributed by atoms with Crippen molar-refractivity contribution in [1.82, 2.24) is 15.2 Å². The van der Waals surface area contributed by atoms with E-state index in [0.29, 0.717) is 23.3 Å². The van der Waals surface area contributed by atoms with Crippen molar-refractivity contribution >= 4 is 23.4 Å². The van der Waals surface area contributed by atoms with Crippen LogP contribution in [0.3, 0.4) is 0 Å². The zero-order valence-electron chi connectivity index (χ0n) is 17.9. The molecule has 0 aliphatic rings. The van der Waals surface area contributed by atoms with E-state index in [2.05, 4.69) is 20.5 Å². The van der Waals surface area contributed by atoms with Crippen molar-refractivity contribution in [1.29, 1.82) is 0 Å².